The average Bonchev–Trinajstić information content (AvgIpc) is 2.47. The minimum absolute atomic E-state index is 0.102. The Labute approximate surface area is 130 Å². The zero-order valence-corrected chi connectivity index (χ0v) is 13.8. The molecule has 118 valence electrons. The number of rotatable bonds is 7. The Bertz CT molecular complexity index is 558. The minimum Gasteiger partial charge on any atom is -0.356 e. The number of hydrogen-bond acceptors (Lipinski definition) is 4. The molecule has 21 heavy (non-hydrogen) atoms. The van der Waals surface area contributed by atoms with E-state index >= 15 is 0 Å². The van der Waals surface area contributed by atoms with Crippen molar-refractivity contribution in [2.24, 2.45) is 4.99 Å². The van der Waals surface area contributed by atoms with Gasteiger partial charge in [-0.3, -0.25) is 4.99 Å². The molecule has 0 radical (unpaired) electrons. The molecule has 1 aromatic rings. The normalized spacial score (nSPS) is 12.2. The Morgan fingerprint density at radius 1 is 1.33 bits per heavy atom. The third kappa shape index (κ3) is 7.29. The zero-order chi connectivity index (χ0) is 15.7. The van der Waals surface area contributed by atoms with E-state index in [2.05, 4.69) is 20.6 Å². The van der Waals surface area contributed by atoms with Gasteiger partial charge in [-0.25, -0.2) is 13.4 Å². The SMILES string of the molecule is CCS(=O)(=O)CCNC(=NC)NCCc1ccc(Cl)nc1. The van der Waals surface area contributed by atoms with Gasteiger partial charge >= 0.3 is 0 Å². The van der Waals surface area contributed by atoms with Crippen molar-refractivity contribution in [2.45, 2.75) is 13.3 Å². The van der Waals surface area contributed by atoms with E-state index in [0.717, 1.165) is 12.0 Å². The summed E-state index contributed by atoms with van der Waals surface area (Å²) in [6, 6.07) is 3.67. The fourth-order valence-corrected chi connectivity index (χ4v) is 2.38. The van der Waals surface area contributed by atoms with Gasteiger partial charge in [-0.2, -0.15) is 0 Å². The van der Waals surface area contributed by atoms with Crippen LogP contribution in [0.1, 0.15) is 12.5 Å². The molecule has 0 aliphatic rings. The highest BCUT2D eigenvalue weighted by Gasteiger charge is 2.07. The molecule has 0 atom stereocenters. The maximum Gasteiger partial charge on any atom is 0.191 e. The standard InChI is InChI=1S/C13H21ClN4O2S/c1-3-21(19,20)9-8-17-13(15-2)16-7-6-11-4-5-12(14)18-10-11/h4-5,10H,3,6-9H2,1-2H3,(H2,15,16,17). The number of aliphatic imine (C=N–C) groups is 1. The summed E-state index contributed by atoms with van der Waals surface area (Å²) in [6.45, 7) is 2.66. The van der Waals surface area contributed by atoms with Gasteiger partial charge < -0.3 is 10.6 Å². The van der Waals surface area contributed by atoms with Crippen LogP contribution >= 0.6 is 11.6 Å². The summed E-state index contributed by atoms with van der Waals surface area (Å²) < 4.78 is 22.8. The third-order valence-corrected chi connectivity index (χ3v) is 4.79. The molecular formula is C13H21ClN4O2S. The lowest BCUT2D eigenvalue weighted by molar-refractivity contribution is 0.595. The fraction of sp³-hybridized carbons (Fsp3) is 0.538. The number of pyridine rings is 1. The number of guanidine groups is 1. The van der Waals surface area contributed by atoms with Crippen molar-refractivity contribution in [3.8, 4) is 0 Å². The second-order valence-electron chi connectivity index (χ2n) is 4.40. The number of aromatic nitrogens is 1. The minimum atomic E-state index is -2.96. The van der Waals surface area contributed by atoms with Crippen molar-refractivity contribution < 1.29 is 8.42 Å². The van der Waals surface area contributed by atoms with Crippen LogP contribution in [0.2, 0.25) is 5.15 Å². The molecule has 0 fully saturated rings. The molecule has 0 spiro atoms. The summed E-state index contributed by atoms with van der Waals surface area (Å²) in [4.78, 5) is 8.05. The highest BCUT2D eigenvalue weighted by molar-refractivity contribution is 7.91. The van der Waals surface area contributed by atoms with Gasteiger partial charge in [0.25, 0.3) is 0 Å². The Morgan fingerprint density at radius 3 is 2.62 bits per heavy atom. The van der Waals surface area contributed by atoms with Crippen molar-refractivity contribution in [1.82, 2.24) is 15.6 Å². The lowest BCUT2D eigenvalue weighted by atomic mass is 10.2. The van der Waals surface area contributed by atoms with Gasteiger partial charge in [0, 0.05) is 32.1 Å². The first-order valence-corrected chi connectivity index (χ1v) is 8.92. The molecule has 1 rings (SSSR count). The molecule has 1 heterocycles. The van der Waals surface area contributed by atoms with Crippen molar-refractivity contribution >= 4 is 27.4 Å². The molecule has 0 amide bonds. The van der Waals surface area contributed by atoms with Crippen molar-refractivity contribution in [1.29, 1.82) is 0 Å². The summed E-state index contributed by atoms with van der Waals surface area (Å²) in [6.07, 6.45) is 2.51. The van der Waals surface area contributed by atoms with Crippen LogP contribution in [0.15, 0.2) is 23.3 Å². The van der Waals surface area contributed by atoms with Crippen LogP contribution in [-0.2, 0) is 16.3 Å². The van der Waals surface area contributed by atoms with E-state index in [9.17, 15) is 8.42 Å². The number of nitrogens with one attached hydrogen (secondary N) is 2. The van der Waals surface area contributed by atoms with E-state index in [-0.39, 0.29) is 11.5 Å². The molecule has 6 nitrogen and oxygen atoms in total. The van der Waals surface area contributed by atoms with Gasteiger partial charge in [0.2, 0.25) is 0 Å². The van der Waals surface area contributed by atoms with Crippen LogP contribution in [0.4, 0.5) is 0 Å². The van der Waals surface area contributed by atoms with Gasteiger partial charge in [-0.15, -0.1) is 0 Å². The molecule has 0 saturated carbocycles. The van der Waals surface area contributed by atoms with E-state index in [1.54, 1.807) is 26.2 Å². The van der Waals surface area contributed by atoms with Crippen molar-refractivity contribution in [3.05, 3.63) is 29.0 Å². The largest absolute Gasteiger partial charge is 0.356 e. The number of nitrogens with zero attached hydrogens (tertiary/aromatic N) is 2. The average molecular weight is 333 g/mol. The topological polar surface area (TPSA) is 83.5 Å². The number of hydrogen-bond donors (Lipinski definition) is 2. The van der Waals surface area contributed by atoms with E-state index in [1.807, 2.05) is 6.07 Å². The molecule has 0 bridgehead atoms. The molecule has 2 N–H and O–H groups in total. The number of halogens is 1. The predicted octanol–water partition coefficient (Wildman–Crippen LogP) is 0.877. The maximum atomic E-state index is 11.4. The van der Waals surface area contributed by atoms with Crippen LogP contribution in [-0.4, -0.2) is 51.0 Å². The van der Waals surface area contributed by atoms with Gasteiger partial charge in [-0.05, 0) is 18.1 Å². The Kier molecular flexibility index (Phi) is 7.45. The van der Waals surface area contributed by atoms with Gasteiger partial charge in [-0.1, -0.05) is 24.6 Å². The molecular weight excluding hydrogens is 312 g/mol. The second-order valence-corrected chi connectivity index (χ2v) is 7.26. The fourth-order valence-electron chi connectivity index (χ4n) is 1.57. The van der Waals surface area contributed by atoms with Crippen LogP contribution in [0.5, 0.6) is 0 Å². The lowest BCUT2D eigenvalue weighted by Gasteiger charge is -2.11. The summed E-state index contributed by atoms with van der Waals surface area (Å²) >= 11 is 5.72. The lowest BCUT2D eigenvalue weighted by Crippen LogP contribution is -2.40. The molecule has 0 saturated heterocycles. The second kappa shape index (κ2) is 8.84. The Balaban J connectivity index is 2.30. The van der Waals surface area contributed by atoms with Crippen LogP contribution < -0.4 is 10.6 Å². The van der Waals surface area contributed by atoms with Crippen LogP contribution in [0.3, 0.4) is 0 Å². The number of sulfone groups is 1. The first kappa shape index (κ1) is 17.7. The third-order valence-electron chi connectivity index (χ3n) is 2.86. The molecule has 0 aliphatic carbocycles. The molecule has 0 unspecified atom stereocenters. The van der Waals surface area contributed by atoms with E-state index < -0.39 is 9.84 Å². The van der Waals surface area contributed by atoms with Crippen LogP contribution in [0.25, 0.3) is 0 Å². The van der Waals surface area contributed by atoms with Gasteiger partial charge in [0.15, 0.2) is 15.8 Å². The molecule has 0 aliphatic heterocycles. The quantitative estimate of drug-likeness (QED) is 0.440. The zero-order valence-electron chi connectivity index (χ0n) is 12.3. The molecule has 0 aromatic carbocycles. The van der Waals surface area contributed by atoms with E-state index in [4.69, 9.17) is 11.6 Å². The maximum absolute atomic E-state index is 11.4. The Hall–Kier alpha value is -1.34. The highest BCUT2D eigenvalue weighted by Crippen LogP contribution is 2.05. The van der Waals surface area contributed by atoms with Gasteiger partial charge in [0.05, 0.1) is 5.75 Å². The summed E-state index contributed by atoms with van der Waals surface area (Å²) in [5.41, 5.74) is 1.07. The van der Waals surface area contributed by atoms with Crippen molar-refractivity contribution in [2.75, 3.05) is 31.6 Å². The van der Waals surface area contributed by atoms with Crippen molar-refractivity contribution in [3.63, 3.8) is 0 Å². The highest BCUT2D eigenvalue weighted by atomic mass is 35.5. The smallest absolute Gasteiger partial charge is 0.191 e. The summed E-state index contributed by atoms with van der Waals surface area (Å²) in [5, 5.41) is 6.57. The van der Waals surface area contributed by atoms with Gasteiger partial charge in [0.1, 0.15) is 5.15 Å². The first-order chi connectivity index (χ1) is 9.96. The first-order valence-electron chi connectivity index (χ1n) is 6.72. The molecule has 8 heteroatoms. The monoisotopic (exact) mass is 332 g/mol. The summed E-state index contributed by atoms with van der Waals surface area (Å²) in [7, 11) is -1.31. The molecule has 1 aromatic heterocycles. The van der Waals surface area contributed by atoms with E-state index in [0.29, 0.717) is 24.2 Å². The Morgan fingerprint density at radius 2 is 2.05 bits per heavy atom. The van der Waals surface area contributed by atoms with E-state index in [1.165, 1.54) is 0 Å². The van der Waals surface area contributed by atoms with Crippen LogP contribution in [0, 0.1) is 0 Å². The summed E-state index contributed by atoms with van der Waals surface area (Å²) in [5.74, 6) is 0.846. The predicted molar refractivity (Wildman–Crippen MR) is 86.6 cm³/mol.